The van der Waals surface area contributed by atoms with Crippen LogP contribution in [0.15, 0.2) is 5.38 Å². The van der Waals surface area contributed by atoms with Gasteiger partial charge in [-0.2, -0.15) is 5.10 Å². The first kappa shape index (κ1) is 17.4. The molecule has 8 heteroatoms. The first-order valence-corrected chi connectivity index (χ1v) is 9.42. The normalized spacial score (nSPS) is 15.9. The summed E-state index contributed by atoms with van der Waals surface area (Å²) in [4.78, 5) is 21.3. The summed E-state index contributed by atoms with van der Waals surface area (Å²) < 4.78 is 1.75. The molecule has 0 atom stereocenters. The van der Waals surface area contributed by atoms with Crippen molar-refractivity contribution in [1.82, 2.24) is 24.6 Å². The number of aryl methyl sites for hydroxylation is 1. The van der Waals surface area contributed by atoms with Gasteiger partial charge in [0.2, 0.25) is 11.0 Å². The molecule has 0 bridgehead atoms. The summed E-state index contributed by atoms with van der Waals surface area (Å²) in [5, 5.41) is 7.76. The van der Waals surface area contributed by atoms with Crippen LogP contribution in [0.4, 0.5) is 0 Å². The summed E-state index contributed by atoms with van der Waals surface area (Å²) in [6.07, 6.45) is 0.343. The van der Waals surface area contributed by atoms with Gasteiger partial charge >= 0.3 is 0 Å². The zero-order chi connectivity index (χ0) is 17.3. The summed E-state index contributed by atoms with van der Waals surface area (Å²) in [7, 11) is 0. The Kier molecular flexibility index (Phi) is 5.22. The van der Waals surface area contributed by atoms with Crippen molar-refractivity contribution in [2.24, 2.45) is 0 Å². The average molecular weight is 368 g/mol. The third-order valence-electron chi connectivity index (χ3n) is 4.43. The second-order valence-corrected chi connectivity index (χ2v) is 7.22. The Morgan fingerprint density at radius 2 is 2.00 bits per heavy atom. The molecule has 130 valence electrons. The second kappa shape index (κ2) is 7.21. The highest BCUT2D eigenvalue weighted by molar-refractivity contribution is 7.12. The Morgan fingerprint density at radius 1 is 1.29 bits per heavy atom. The molecule has 1 fully saturated rings. The van der Waals surface area contributed by atoms with Crippen molar-refractivity contribution in [2.45, 2.75) is 27.2 Å². The number of thiazole rings is 1. The minimum absolute atomic E-state index is 0.147. The molecule has 0 saturated carbocycles. The van der Waals surface area contributed by atoms with Crippen LogP contribution in [0.5, 0.6) is 0 Å². The minimum atomic E-state index is 0.147. The SMILES string of the molecule is CCN1CCN(C(=O)Cc2csc(-n3nc(C)c(Cl)c3C)n2)CC1. The fourth-order valence-electron chi connectivity index (χ4n) is 2.86. The molecule has 0 aliphatic carbocycles. The lowest BCUT2D eigenvalue weighted by Crippen LogP contribution is -2.48. The zero-order valence-corrected chi connectivity index (χ0v) is 15.8. The van der Waals surface area contributed by atoms with Crippen molar-refractivity contribution < 1.29 is 4.79 Å². The van der Waals surface area contributed by atoms with Crippen molar-refractivity contribution in [3.63, 3.8) is 0 Å². The molecule has 1 saturated heterocycles. The van der Waals surface area contributed by atoms with Crippen LogP contribution < -0.4 is 0 Å². The van der Waals surface area contributed by atoms with E-state index in [0.717, 1.165) is 54.9 Å². The lowest BCUT2D eigenvalue weighted by molar-refractivity contribution is -0.132. The van der Waals surface area contributed by atoms with Crippen LogP contribution in [-0.2, 0) is 11.2 Å². The Morgan fingerprint density at radius 3 is 2.58 bits per heavy atom. The monoisotopic (exact) mass is 367 g/mol. The molecule has 0 radical (unpaired) electrons. The van der Waals surface area contributed by atoms with Gasteiger partial charge < -0.3 is 9.80 Å². The van der Waals surface area contributed by atoms with Gasteiger partial charge in [0, 0.05) is 31.6 Å². The highest BCUT2D eigenvalue weighted by Crippen LogP contribution is 2.24. The van der Waals surface area contributed by atoms with Gasteiger partial charge in [0.15, 0.2) is 0 Å². The van der Waals surface area contributed by atoms with Gasteiger partial charge in [-0.3, -0.25) is 4.79 Å². The molecule has 24 heavy (non-hydrogen) atoms. The van der Waals surface area contributed by atoms with Crippen molar-refractivity contribution in [1.29, 1.82) is 0 Å². The molecule has 2 aromatic heterocycles. The van der Waals surface area contributed by atoms with E-state index in [1.54, 1.807) is 4.68 Å². The van der Waals surface area contributed by atoms with Gasteiger partial charge in [-0.25, -0.2) is 9.67 Å². The number of carbonyl (C=O) groups is 1. The van der Waals surface area contributed by atoms with Crippen molar-refractivity contribution in [3.8, 4) is 5.13 Å². The number of halogens is 1. The molecular weight excluding hydrogens is 346 g/mol. The number of rotatable bonds is 4. The van der Waals surface area contributed by atoms with Gasteiger partial charge in [-0.05, 0) is 20.4 Å². The largest absolute Gasteiger partial charge is 0.340 e. The number of nitrogens with zero attached hydrogens (tertiary/aromatic N) is 5. The molecular formula is C16H22ClN5OS. The molecule has 0 spiro atoms. The maximum Gasteiger partial charge on any atom is 0.228 e. The van der Waals surface area contributed by atoms with Crippen LogP contribution in [-0.4, -0.2) is 63.2 Å². The Balaban J connectivity index is 1.66. The van der Waals surface area contributed by atoms with Crippen molar-refractivity contribution >= 4 is 28.8 Å². The summed E-state index contributed by atoms with van der Waals surface area (Å²) in [5.41, 5.74) is 2.45. The number of carbonyl (C=O) groups excluding carboxylic acids is 1. The molecule has 3 heterocycles. The first-order chi connectivity index (χ1) is 11.5. The maximum absolute atomic E-state index is 12.5. The van der Waals surface area contributed by atoms with E-state index >= 15 is 0 Å². The second-order valence-electron chi connectivity index (χ2n) is 6.01. The molecule has 1 amide bonds. The van der Waals surface area contributed by atoms with E-state index in [1.807, 2.05) is 24.1 Å². The van der Waals surface area contributed by atoms with Crippen LogP contribution in [0.3, 0.4) is 0 Å². The molecule has 3 rings (SSSR count). The van der Waals surface area contributed by atoms with E-state index in [4.69, 9.17) is 11.6 Å². The molecule has 0 N–H and O–H groups in total. The molecule has 1 aliphatic heterocycles. The lowest BCUT2D eigenvalue weighted by atomic mass is 10.2. The van der Waals surface area contributed by atoms with Crippen molar-refractivity contribution in [2.75, 3.05) is 32.7 Å². The average Bonchev–Trinajstić information content (AvgIpc) is 3.15. The predicted molar refractivity (Wildman–Crippen MR) is 96.1 cm³/mol. The van der Waals surface area contributed by atoms with Gasteiger partial charge in [0.1, 0.15) is 0 Å². The van der Waals surface area contributed by atoms with E-state index in [0.29, 0.717) is 11.4 Å². The van der Waals surface area contributed by atoms with Crippen LogP contribution in [0.1, 0.15) is 24.0 Å². The minimum Gasteiger partial charge on any atom is -0.340 e. The smallest absolute Gasteiger partial charge is 0.228 e. The topological polar surface area (TPSA) is 54.3 Å². The van der Waals surface area contributed by atoms with E-state index in [-0.39, 0.29) is 5.91 Å². The highest BCUT2D eigenvalue weighted by atomic mass is 35.5. The van der Waals surface area contributed by atoms with Crippen LogP contribution in [0, 0.1) is 13.8 Å². The van der Waals surface area contributed by atoms with Gasteiger partial charge in [-0.15, -0.1) is 11.3 Å². The standard InChI is InChI=1S/C16H22ClN5OS/c1-4-20-5-7-21(8-6-20)14(23)9-13-10-24-16(18-13)22-12(3)15(17)11(2)19-22/h10H,4-9H2,1-3H3. The summed E-state index contributed by atoms with van der Waals surface area (Å²) in [6.45, 7) is 10.5. The van der Waals surface area contributed by atoms with E-state index in [1.165, 1.54) is 11.3 Å². The van der Waals surface area contributed by atoms with Gasteiger partial charge in [0.25, 0.3) is 0 Å². The highest BCUT2D eigenvalue weighted by Gasteiger charge is 2.21. The maximum atomic E-state index is 12.5. The molecule has 2 aromatic rings. The number of hydrogen-bond acceptors (Lipinski definition) is 5. The van der Waals surface area contributed by atoms with E-state index < -0.39 is 0 Å². The summed E-state index contributed by atoms with van der Waals surface area (Å²) >= 11 is 7.68. The van der Waals surface area contributed by atoms with E-state index in [9.17, 15) is 4.79 Å². The molecule has 1 aliphatic rings. The van der Waals surface area contributed by atoms with Crippen molar-refractivity contribution in [3.05, 3.63) is 27.5 Å². The van der Waals surface area contributed by atoms with Crippen LogP contribution in [0.2, 0.25) is 5.02 Å². The molecule has 6 nitrogen and oxygen atoms in total. The number of piperazine rings is 1. The molecule has 0 unspecified atom stereocenters. The Bertz CT molecular complexity index is 733. The summed E-state index contributed by atoms with van der Waals surface area (Å²) in [5.74, 6) is 0.147. The van der Waals surface area contributed by atoms with Gasteiger partial charge in [-0.1, -0.05) is 18.5 Å². The van der Waals surface area contributed by atoms with E-state index in [2.05, 4.69) is 21.9 Å². The number of amides is 1. The van der Waals surface area contributed by atoms with Crippen LogP contribution in [0.25, 0.3) is 5.13 Å². The number of likely N-dealkylation sites (N-methyl/N-ethyl adjacent to an activating group) is 1. The fourth-order valence-corrected chi connectivity index (χ4v) is 3.81. The third-order valence-corrected chi connectivity index (χ3v) is 5.84. The first-order valence-electron chi connectivity index (χ1n) is 8.16. The Hall–Kier alpha value is -1.44. The predicted octanol–water partition coefficient (Wildman–Crippen LogP) is 2.31. The lowest BCUT2D eigenvalue weighted by Gasteiger charge is -2.34. The fraction of sp³-hybridized carbons (Fsp3) is 0.562. The quantitative estimate of drug-likeness (QED) is 0.832. The summed E-state index contributed by atoms with van der Waals surface area (Å²) in [6, 6.07) is 0. The number of hydrogen-bond donors (Lipinski definition) is 0. The third kappa shape index (κ3) is 3.48. The molecule has 0 aromatic carbocycles. The zero-order valence-electron chi connectivity index (χ0n) is 14.3. The Labute approximate surface area is 151 Å². The van der Waals surface area contributed by atoms with Gasteiger partial charge in [0.05, 0.1) is 28.5 Å². The number of aromatic nitrogens is 3. The van der Waals surface area contributed by atoms with Crippen LogP contribution >= 0.6 is 22.9 Å².